The number of benzene rings is 1. The molecule has 0 saturated heterocycles. The molecule has 122 valence electrons. The van der Waals surface area contributed by atoms with E-state index >= 15 is 0 Å². The number of carbonyl (C=O) groups excluding carboxylic acids is 1. The van der Waals surface area contributed by atoms with Crippen LogP contribution in [0, 0.1) is 0 Å². The Balaban J connectivity index is 1.87. The average Bonchev–Trinajstić information content (AvgIpc) is 3.04. The second kappa shape index (κ2) is 8.63. The smallest absolute Gasteiger partial charge is 0.315 e. The molecule has 0 aromatic heterocycles. The fraction of sp³-hybridized carbons (Fsp3) is 0.588. The summed E-state index contributed by atoms with van der Waals surface area (Å²) < 4.78 is 6.05. The van der Waals surface area contributed by atoms with Gasteiger partial charge in [0.2, 0.25) is 0 Å². The molecular formula is C17H26N2O3. The lowest BCUT2D eigenvalue weighted by molar-refractivity contribution is 0.206. The fourth-order valence-electron chi connectivity index (χ4n) is 2.64. The van der Waals surface area contributed by atoms with Gasteiger partial charge in [0.1, 0.15) is 5.75 Å². The van der Waals surface area contributed by atoms with Crippen molar-refractivity contribution in [3.63, 3.8) is 0 Å². The molecule has 0 heterocycles. The van der Waals surface area contributed by atoms with Crippen LogP contribution in [0.4, 0.5) is 4.79 Å². The minimum absolute atomic E-state index is 0.0503. The predicted molar refractivity (Wildman–Crippen MR) is 85.9 cm³/mol. The first kappa shape index (κ1) is 16.6. The van der Waals surface area contributed by atoms with E-state index in [2.05, 4.69) is 10.6 Å². The summed E-state index contributed by atoms with van der Waals surface area (Å²) in [4.78, 5) is 11.8. The minimum atomic E-state index is -0.267. The molecule has 0 bridgehead atoms. The van der Waals surface area contributed by atoms with Crippen molar-refractivity contribution in [3.05, 3.63) is 29.8 Å². The van der Waals surface area contributed by atoms with Crippen LogP contribution in [0.1, 0.15) is 44.6 Å². The summed E-state index contributed by atoms with van der Waals surface area (Å²) in [5.41, 5.74) is 0.974. The molecular weight excluding hydrogens is 280 g/mol. The Morgan fingerprint density at radius 2 is 2.09 bits per heavy atom. The highest BCUT2D eigenvalue weighted by Gasteiger charge is 2.18. The molecule has 0 radical (unpaired) electrons. The second-order valence-electron chi connectivity index (χ2n) is 5.75. The van der Waals surface area contributed by atoms with Crippen molar-refractivity contribution in [2.24, 2.45) is 0 Å². The molecule has 5 nitrogen and oxygen atoms in total. The van der Waals surface area contributed by atoms with E-state index in [4.69, 9.17) is 9.84 Å². The third kappa shape index (κ3) is 4.91. The molecule has 1 saturated carbocycles. The molecule has 0 aliphatic heterocycles. The molecule has 1 fully saturated rings. The van der Waals surface area contributed by atoms with Gasteiger partial charge in [0.25, 0.3) is 0 Å². The Morgan fingerprint density at radius 3 is 2.77 bits per heavy atom. The highest BCUT2D eigenvalue weighted by atomic mass is 16.5. The molecule has 22 heavy (non-hydrogen) atoms. The van der Waals surface area contributed by atoms with Crippen molar-refractivity contribution in [1.29, 1.82) is 0 Å². The molecule has 1 unspecified atom stereocenters. The third-order valence-electron chi connectivity index (χ3n) is 4.06. The van der Waals surface area contributed by atoms with E-state index in [1.54, 1.807) is 0 Å². The van der Waals surface area contributed by atoms with E-state index in [1.807, 2.05) is 31.2 Å². The van der Waals surface area contributed by atoms with E-state index in [1.165, 1.54) is 12.8 Å². The van der Waals surface area contributed by atoms with Gasteiger partial charge in [0, 0.05) is 12.1 Å². The van der Waals surface area contributed by atoms with E-state index in [9.17, 15) is 4.79 Å². The van der Waals surface area contributed by atoms with Crippen LogP contribution in [0.3, 0.4) is 0 Å². The highest BCUT2D eigenvalue weighted by Crippen LogP contribution is 2.26. The standard InChI is InChI=1S/C17H26N2O3/c1-2-14(12-20)19-17(21)18-11-13-7-3-6-10-16(13)22-15-8-4-5-9-15/h3,6-7,10,14-15,20H,2,4-5,8-9,11-12H2,1H3,(H2,18,19,21). The normalized spacial score (nSPS) is 16.3. The lowest BCUT2D eigenvalue weighted by Crippen LogP contribution is -2.43. The van der Waals surface area contributed by atoms with Crippen LogP contribution in [0.15, 0.2) is 24.3 Å². The summed E-state index contributed by atoms with van der Waals surface area (Å²) in [5, 5.41) is 14.7. The number of carbonyl (C=O) groups is 1. The van der Waals surface area contributed by atoms with Crippen LogP contribution in [-0.4, -0.2) is 29.9 Å². The SMILES string of the molecule is CCC(CO)NC(=O)NCc1ccccc1OC1CCCC1. The molecule has 1 aliphatic rings. The summed E-state index contributed by atoms with van der Waals surface area (Å²) >= 11 is 0. The van der Waals surface area contributed by atoms with Gasteiger partial charge in [0.15, 0.2) is 0 Å². The van der Waals surface area contributed by atoms with Crippen LogP contribution in [0.2, 0.25) is 0 Å². The summed E-state index contributed by atoms with van der Waals surface area (Å²) in [6, 6.07) is 7.34. The fourth-order valence-corrected chi connectivity index (χ4v) is 2.64. The van der Waals surface area contributed by atoms with Crippen LogP contribution >= 0.6 is 0 Å². The van der Waals surface area contributed by atoms with Crippen LogP contribution in [0.25, 0.3) is 0 Å². The van der Waals surface area contributed by atoms with Gasteiger partial charge in [-0.25, -0.2) is 4.79 Å². The highest BCUT2D eigenvalue weighted by molar-refractivity contribution is 5.74. The van der Waals surface area contributed by atoms with Crippen molar-refractivity contribution in [3.8, 4) is 5.75 Å². The van der Waals surface area contributed by atoms with Gasteiger partial charge in [-0.15, -0.1) is 0 Å². The first-order valence-corrected chi connectivity index (χ1v) is 8.12. The first-order chi connectivity index (χ1) is 10.7. The molecule has 3 N–H and O–H groups in total. The maximum atomic E-state index is 11.8. The monoisotopic (exact) mass is 306 g/mol. The van der Waals surface area contributed by atoms with Crippen molar-refractivity contribution in [1.82, 2.24) is 10.6 Å². The molecule has 1 atom stereocenters. The molecule has 5 heteroatoms. The van der Waals surface area contributed by atoms with E-state index in [0.29, 0.717) is 19.1 Å². The van der Waals surface area contributed by atoms with Gasteiger partial charge in [-0.3, -0.25) is 0 Å². The van der Waals surface area contributed by atoms with Crippen molar-refractivity contribution >= 4 is 6.03 Å². The maximum Gasteiger partial charge on any atom is 0.315 e. The second-order valence-corrected chi connectivity index (χ2v) is 5.75. The number of ether oxygens (including phenoxy) is 1. The summed E-state index contributed by atoms with van der Waals surface area (Å²) in [5.74, 6) is 0.851. The Kier molecular flexibility index (Phi) is 6.52. The number of amides is 2. The third-order valence-corrected chi connectivity index (χ3v) is 4.06. The quantitative estimate of drug-likeness (QED) is 0.725. The number of hydrogen-bond acceptors (Lipinski definition) is 3. The Bertz CT molecular complexity index is 469. The molecule has 2 amide bonds. The average molecular weight is 306 g/mol. The number of para-hydroxylation sites is 1. The van der Waals surface area contributed by atoms with Crippen LogP contribution in [-0.2, 0) is 6.54 Å². The molecule has 1 aliphatic carbocycles. The Labute approximate surface area is 132 Å². The summed E-state index contributed by atoms with van der Waals surface area (Å²) in [7, 11) is 0. The van der Waals surface area contributed by atoms with Gasteiger partial charge in [0.05, 0.1) is 18.8 Å². The summed E-state index contributed by atoms with van der Waals surface area (Å²) in [6.07, 6.45) is 5.67. The predicted octanol–water partition coefficient (Wildman–Crippen LogP) is 2.58. The lowest BCUT2D eigenvalue weighted by Gasteiger charge is -2.18. The molecule has 2 rings (SSSR count). The van der Waals surface area contributed by atoms with E-state index in [0.717, 1.165) is 24.2 Å². The number of urea groups is 1. The first-order valence-electron chi connectivity index (χ1n) is 8.12. The molecule has 0 spiro atoms. The topological polar surface area (TPSA) is 70.6 Å². The van der Waals surface area contributed by atoms with E-state index < -0.39 is 0 Å². The van der Waals surface area contributed by atoms with Crippen LogP contribution < -0.4 is 15.4 Å². The number of nitrogens with one attached hydrogen (secondary N) is 2. The van der Waals surface area contributed by atoms with Crippen molar-refractivity contribution in [2.75, 3.05) is 6.61 Å². The zero-order valence-electron chi connectivity index (χ0n) is 13.2. The number of rotatable bonds is 7. The maximum absolute atomic E-state index is 11.8. The van der Waals surface area contributed by atoms with Gasteiger partial charge >= 0.3 is 6.03 Å². The zero-order valence-corrected chi connectivity index (χ0v) is 13.2. The van der Waals surface area contributed by atoms with E-state index in [-0.39, 0.29) is 18.7 Å². The van der Waals surface area contributed by atoms with Gasteiger partial charge < -0.3 is 20.5 Å². The minimum Gasteiger partial charge on any atom is -0.490 e. The van der Waals surface area contributed by atoms with Gasteiger partial charge in [-0.2, -0.15) is 0 Å². The number of aliphatic hydroxyl groups is 1. The number of aliphatic hydroxyl groups excluding tert-OH is 1. The van der Waals surface area contributed by atoms with Crippen LogP contribution in [0.5, 0.6) is 5.75 Å². The Morgan fingerprint density at radius 1 is 1.36 bits per heavy atom. The lowest BCUT2D eigenvalue weighted by atomic mass is 10.2. The Hall–Kier alpha value is -1.75. The zero-order chi connectivity index (χ0) is 15.8. The summed E-state index contributed by atoms with van der Waals surface area (Å²) in [6.45, 7) is 2.29. The van der Waals surface area contributed by atoms with Gasteiger partial charge in [-0.05, 0) is 38.2 Å². The molecule has 1 aromatic carbocycles. The van der Waals surface area contributed by atoms with Crippen molar-refractivity contribution in [2.45, 2.75) is 57.7 Å². The number of hydrogen-bond donors (Lipinski definition) is 3. The van der Waals surface area contributed by atoms with Crippen molar-refractivity contribution < 1.29 is 14.6 Å². The molecule has 1 aromatic rings. The van der Waals surface area contributed by atoms with Gasteiger partial charge in [-0.1, -0.05) is 25.1 Å². The largest absolute Gasteiger partial charge is 0.490 e.